The fourth-order valence-corrected chi connectivity index (χ4v) is 3.92. The minimum absolute atomic E-state index is 0.0405. The van der Waals surface area contributed by atoms with Gasteiger partial charge in [0.05, 0.1) is 18.2 Å². The van der Waals surface area contributed by atoms with E-state index in [2.05, 4.69) is 15.4 Å². The summed E-state index contributed by atoms with van der Waals surface area (Å²) in [6, 6.07) is 4.03. The van der Waals surface area contributed by atoms with E-state index in [0.29, 0.717) is 6.54 Å². The average molecular weight is 355 g/mol. The Morgan fingerprint density at radius 3 is 2.85 bits per heavy atom. The molecule has 7 nitrogen and oxygen atoms in total. The van der Waals surface area contributed by atoms with Gasteiger partial charge in [-0.1, -0.05) is 0 Å². The standard InChI is InChI=1S/C19H25N5O2/c1-12-16(11-22-23(12)2)18-15(10-17(25)24(18)14-5-6-14)19(26)21-9-7-13-4-3-8-20-13/h3-4,8,11,14-15,18,20H,5-7,9-10H2,1-2H3,(H,21,26)/t15-,18-/m0/s1. The summed E-state index contributed by atoms with van der Waals surface area (Å²) in [4.78, 5) is 30.6. The van der Waals surface area contributed by atoms with Crippen molar-refractivity contribution in [3.05, 3.63) is 41.5 Å². The van der Waals surface area contributed by atoms with Gasteiger partial charge in [0.1, 0.15) is 0 Å². The molecule has 0 bridgehead atoms. The number of carbonyl (C=O) groups is 2. The normalized spacial score (nSPS) is 22.8. The first-order valence-electron chi connectivity index (χ1n) is 9.26. The zero-order valence-electron chi connectivity index (χ0n) is 15.2. The molecule has 138 valence electrons. The maximum Gasteiger partial charge on any atom is 0.226 e. The Balaban J connectivity index is 1.52. The van der Waals surface area contributed by atoms with Crippen molar-refractivity contribution < 1.29 is 9.59 Å². The van der Waals surface area contributed by atoms with E-state index in [1.807, 2.05) is 48.1 Å². The van der Waals surface area contributed by atoms with Crippen molar-refractivity contribution in [3.63, 3.8) is 0 Å². The first-order valence-corrected chi connectivity index (χ1v) is 9.26. The van der Waals surface area contributed by atoms with Crippen molar-refractivity contribution in [3.8, 4) is 0 Å². The van der Waals surface area contributed by atoms with Gasteiger partial charge in [-0.2, -0.15) is 5.10 Å². The number of nitrogens with zero attached hydrogens (tertiary/aromatic N) is 3. The molecule has 2 aromatic heterocycles. The van der Waals surface area contributed by atoms with Crippen LogP contribution < -0.4 is 5.32 Å². The largest absolute Gasteiger partial charge is 0.365 e. The number of hydrogen-bond donors (Lipinski definition) is 2. The molecule has 4 rings (SSSR count). The highest BCUT2D eigenvalue weighted by Gasteiger charge is 2.50. The summed E-state index contributed by atoms with van der Waals surface area (Å²) in [7, 11) is 1.89. The molecule has 0 unspecified atom stereocenters. The lowest BCUT2D eigenvalue weighted by atomic mass is 9.93. The van der Waals surface area contributed by atoms with Crippen molar-refractivity contribution in [2.24, 2.45) is 13.0 Å². The van der Waals surface area contributed by atoms with E-state index in [4.69, 9.17) is 0 Å². The SMILES string of the molecule is Cc1c([C@@H]2[C@@H](C(=O)NCCc3ccc[nH]3)CC(=O)N2C2CC2)cnn1C. The van der Waals surface area contributed by atoms with Gasteiger partial charge < -0.3 is 15.2 Å². The van der Waals surface area contributed by atoms with Crippen LogP contribution in [0.2, 0.25) is 0 Å². The van der Waals surface area contributed by atoms with E-state index in [0.717, 1.165) is 36.2 Å². The Morgan fingerprint density at radius 2 is 2.23 bits per heavy atom. The topological polar surface area (TPSA) is 83.0 Å². The first kappa shape index (κ1) is 16.9. The number of carbonyl (C=O) groups excluding carboxylic acids is 2. The molecule has 1 saturated carbocycles. The van der Waals surface area contributed by atoms with Crippen LogP contribution in [0.1, 0.15) is 42.3 Å². The summed E-state index contributed by atoms with van der Waals surface area (Å²) in [5.74, 6) is -0.304. The Kier molecular flexibility index (Phi) is 4.30. The summed E-state index contributed by atoms with van der Waals surface area (Å²) in [6.07, 6.45) is 6.78. The number of aromatic amines is 1. The van der Waals surface area contributed by atoms with E-state index >= 15 is 0 Å². The quantitative estimate of drug-likeness (QED) is 0.823. The van der Waals surface area contributed by atoms with E-state index in [9.17, 15) is 9.59 Å². The maximum atomic E-state index is 12.9. The van der Waals surface area contributed by atoms with Crippen LogP contribution in [0.4, 0.5) is 0 Å². The monoisotopic (exact) mass is 355 g/mol. The fraction of sp³-hybridized carbons (Fsp3) is 0.526. The third-order valence-corrected chi connectivity index (χ3v) is 5.59. The number of amides is 2. The highest BCUT2D eigenvalue weighted by atomic mass is 16.2. The lowest BCUT2D eigenvalue weighted by Crippen LogP contribution is -2.37. The van der Waals surface area contributed by atoms with Gasteiger partial charge in [-0.15, -0.1) is 0 Å². The van der Waals surface area contributed by atoms with Crippen LogP contribution >= 0.6 is 0 Å². The minimum Gasteiger partial charge on any atom is -0.365 e. The van der Waals surface area contributed by atoms with Crippen LogP contribution in [-0.2, 0) is 23.1 Å². The molecule has 1 aliphatic heterocycles. The van der Waals surface area contributed by atoms with Gasteiger partial charge in [0.15, 0.2) is 0 Å². The molecule has 26 heavy (non-hydrogen) atoms. The molecular weight excluding hydrogens is 330 g/mol. The number of rotatable bonds is 6. The molecule has 2 atom stereocenters. The number of aryl methyl sites for hydroxylation is 1. The van der Waals surface area contributed by atoms with Crippen molar-refractivity contribution in [1.82, 2.24) is 25.0 Å². The molecule has 1 saturated heterocycles. The molecule has 0 aromatic carbocycles. The van der Waals surface area contributed by atoms with Crippen molar-refractivity contribution in [1.29, 1.82) is 0 Å². The van der Waals surface area contributed by atoms with E-state index < -0.39 is 0 Å². The number of aromatic nitrogens is 3. The second-order valence-corrected chi connectivity index (χ2v) is 7.33. The second kappa shape index (κ2) is 6.63. The molecule has 2 N–H and O–H groups in total. The molecule has 2 aromatic rings. The lowest BCUT2D eigenvalue weighted by Gasteiger charge is -2.28. The molecule has 2 amide bonds. The number of likely N-dealkylation sites (tertiary alicyclic amines) is 1. The molecule has 1 aliphatic carbocycles. The number of nitrogens with one attached hydrogen (secondary N) is 2. The Labute approximate surface area is 152 Å². The lowest BCUT2D eigenvalue weighted by molar-refractivity contribution is -0.129. The highest BCUT2D eigenvalue weighted by molar-refractivity contribution is 5.90. The van der Waals surface area contributed by atoms with Crippen LogP contribution in [0.3, 0.4) is 0 Å². The van der Waals surface area contributed by atoms with Crippen LogP contribution in [-0.4, -0.2) is 44.1 Å². The van der Waals surface area contributed by atoms with Crippen LogP contribution in [0.15, 0.2) is 24.5 Å². The van der Waals surface area contributed by atoms with Gasteiger partial charge in [-0.25, -0.2) is 0 Å². The van der Waals surface area contributed by atoms with Crippen molar-refractivity contribution in [2.45, 2.75) is 44.7 Å². The Bertz CT molecular complexity index is 806. The minimum atomic E-state index is -0.352. The summed E-state index contributed by atoms with van der Waals surface area (Å²) in [5, 5.41) is 7.36. The predicted molar refractivity (Wildman–Crippen MR) is 96.2 cm³/mol. The first-order chi connectivity index (χ1) is 12.6. The zero-order valence-corrected chi connectivity index (χ0v) is 15.2. The maximum absolute atomic E-state index is 12.9. The van der Waals surface area contributed by atoms with Gasteiger partial charge in [-0.05, 0) is 31.9 Å². The third kappa shape index (κ3) is 3.02. The van der Waals surface area contributed by atoms with Gasteiger partial charge in [-0.3, -0.25) is 14.3 Å². The van der Waals surface area contributed by atoms with E-state index in [-0.39, 0.29) is 36.2 Å². The fourth-order valence-electron chi connectivity index (χ4n) is 3.92. The summed E-state index contributed by atoms with van der Waals surface area (Å²) in [6.45, 7) is 2.56. The molecule has 0 radical (unpaired) electrons. The smallest absolute Gasteiger partial charge is 0.226 e. The molecule has 2 fully saturated rings. The highest BCUT2D eigenvalue weighted by Crippen LogP contribution is 2.45. The van der Waals surface area contributed by atoms with E-state index in [1.54, 1.807) is 0 Å². The molecule has 3 heterocycles. The van der Waals surface area contributed by atoms with Crippen molar-refractivity contribution in [2.75, 3.05) is 6.54 Å². The summed E-state index contributed by atoms with van der Waals surface area (Å²) in [5.41, 5.74) is 3.10. The van der Waals surface area contributed by atoms with Gasteiger partial charge in [0, 0.05) is 55.6 Å². The molecule has 7 heteroatoms. The molecule has 0 spiro atoms. The van der Waals surface area contributed by atoms with Crippen LogP contribution in [0.5, 0.6) is 0 Å². The third-order valence-electron chi connectivity index (χ3n) is 5.59. The number of hydrogen-bond acceptors (Lipinski definition) is 3. The average Bonchev–Trinajstić information content (AvgIpc) is 3.05. The second-order valence-electron chi connectivity index (χ2n) is 7.33. The summed E-state index contributed by atoms with van der Waals surface area (Å²) >= 11 is 0. The predicted octanol–water partition coefficient (Wildman–Crippen LogP) is 1.47. The Hall–Kier alpha value is -2.57. The van der Waals surface area contributed by atoms with Crippen LogP contribution in [0.25, 0.3) is 0 Å². The van der Waals surface area contributed by atoms with Crippen molar-refractivity contribution >= 4 is 11.8 Å². The number of H-pyrrole nitrogens is 1. The van der Waals surface area contributed by atoms with Gasteiger partial charge in [0.25, 0.3) is 0 Å². The molecule has 2 aliphatic rings. The van der Waals surface area contributed by atoms with Crippen LogP contribution in [0, 0.1) is 12.8 Å². The summed E-state index contributed by atoms with van der Waals surface area (Å²) < 4.78 is 1.81. The van der Waals surface area contributed by atoms with Gasteiger partial charge in [0.2, 0.25) is 11.8 Å². The van der Waals surface area contributed by atoms with Gasteiger partial charge >= 0.3 is 0 Å². The van der Waals surface area contributed by atoms with E-state index in [1.165, 1.54) is 0 Å². The Morgan fingerprint density at radius 1 is 1.42 bits per heavy atom. The zero-order chi connectivity index (χ0) is 18.3. The molecular formula is C19H25N5O2.